The van der Waals surface area contributed by atoms with E-state index >= 15 is 0 Å². The van der Waals surface area contributed by atoms with Gasteiger partial charge in [0.25, 0.3) is 5.91 Å². The Labute approximate surface area is 118 Å². The monoisotopic (exact) mass is 273 g/mol. The normalized spacial score (nSPS) is 15.7. The summed E-state index contributed by atoms with van der Waals surface area (Å²) in [5, 5.41) is 11.7. The van der Waals surface area contributed by atoms with Gasteiger partial charge in [0.1, 0.15) is 0 Å². The Hall–Kier alpha value is -2.10. The minimum Gasteiger partial charge on any atom is -0.478 e. The average molecular weight is 273 g/mol. The Morgan fingerprint density at radius 2 is 2.00 bits per heavy atom. The molecule has 0 aliphatic heterocycles. The molecule has 4 nitrogen and oxygen atoms in total. The molecule has 0 radical (unpaired) electrons. The van der Waals surface area contributed by atoms with Crippen molar-refractivity contribution in [3.63, 3.8) is 0 Å². The zero-order valence-corrected chi connectivity index (χ0v) is 11.6. The van der Waals surface area contributed by atoms with Gasteiger partial charge < -0.3 is 10.4 Å². The fourth-order valence-electron chi connectivity index (χ4n) is 2.49. The first-order valence-corrected chi connectivity index (χ1v) is 6.89. The molecule has 0 saturated heterocycles. The van der Waals surface area contributed by atoms with E-state index in [0.29, 0.717) is 5.56 Å². The summed E-state index contributed by atoms with van der Waals surface area (Å²) in [6.45, 7) is 1.88. The quantitative estimate of drug-likeness (QED) is 0.829. The van der Waals surface area contributed by atoms with Gasteiger partial charge in [-0.05, 0) is 43.0 Å². The number of carbonyl (C=O) groups excluding carboxylic acids is 1. The number of carboxylic acid groups (broad SMARTS) is 1. The van der Waals surface area contributed by atoms with E-state index in [9.17, 15) is 9.59 Å². The van der Waals surface area contributed by atoms with Gasteiger partial charge in [-0.3, -0.25) is 4.79 Å². The first-order valence-electron chi connectivity index (χ1n) is 6.89. The van der Waals surface area contributed by atoms with Crippen molar-refractivity contribution < 1.29 is 14.7 Å². The van der Waals surface area contributed by atoms with Crippen molar-refractivity contribution in [2.45, 2.75) is 38.6 Å². The SMILES string of the molecule is Cc1ccc(C=CC(=O)O)cc1C(=O)NC1CCCC1. The van der Waals surface area contributed by atoms with Crippen LogP contribution < -0.4 is 5.32 Å². The number of rotatable bonds is 4. The molecule has 2 N–H and O–H groups in total. The molecule has 4 heteroatoms. The molecule has 0 atom stereocenters. The molecule has 0 spiro atoms. The van der Waals surface area contributed by atoms with Crippen LogP contribution in [0.4, 0.5) is 0 Å². The van der Waals surface area contributed by atoms with Crippen LogP contribution >= 0.6 is 0 Å². The fourth-order valence-corrected chi connectivity index (χ4v) is 2.49. The van der Waals surface area contributed by atoms with E-state index in [1.165, 1.54) is 18.9 Å². The highest BCUT2D eigenvalue weighted by molar-refractivity contribution is 5.96. The largest absolute Gasteiger partial charge is 0.478 e. The highest BCUT2D eigenvalue weighted by Crippen LogP contribution is 2.19. The number of amides is 1. The van der Waals surface area contributed by atoms with Gasteiger partial charge in [-0.1, -0.05) is 25.0 Å². The van der Waals surface area contributed by atoms with Gasteiger partial charge in [-0.2, -0.15) is 0 Å². The van der Waals surface area contributed by atoms with Gasteiger partial charge in [0, 0.05) is 17.7 Å². The first-order chi connectivity index (χ1) is 9.56. The van der Waals surface area contributed by atoms with Crippen LogP contribution in [0.5, 0.6) is 0 Å². The second-order valence-electron chi connectivity index (χ2n) is 5.20. The van der Waals surface area contributed by atoms with Crippen LogP contribution in [0.2, 0.25) is 0 Å². The van der Waals surface area contributed by atoms with E-state index in [1.54, 1.807) is 12.1 Å². The maximum atomic E-state index is 12.3. The summed E-state index contributed by atoms with van der Waals surface area (Å²) >= 11 is 0. The van der Waals surface area contributed by atoms with Crippen molar-refractivity contribution in [3.05, 3.63) is 41.0 Å². The van der Waals surface area contributed by atoms with Gasteiger partial charge in [-0.15, -0.1) is 0 Å². The van der Waals surface area contributed by atoms with Crippen LogP contribution in [-0.2, 0) is 4.79 Å². The summed E-state index contributed by atoms with van der Waals surface area (Å²) in [5.74, 6) is -1.07. The second kappa shape index (κ2) is 6.37. The van der Waals surface area contributed by atoms with Crippen LogP contribution in [0.1, 0.15) is 47.2 Å². The topological polar surface area (TPSA) is 66.4 Å². The maximum absolute atomic E-state index is 12.3. The molecule has 1 saturated carbocycles. The predicted octanol–water partition coefficient (Wildman–Crippen LogP) is 2.77. The molecule has 0 aromatic heterocycles. The lowest BCUT2D eigenvalue weighted by molar-refractivity contribution is -0.131. The van der Waals surface area contributed by atoms with Gasteiger partial charge in [0.2, 0.25) is 0 Å². The molecule has 0 unspecified atom stereocenters. The van der Waals surface area contributed by atoms with Crippen LogP contribution in [-0.4, -0.2) is 23.0 Å². The summed E-state index contributed by atoms with van der Waals surface area (Å²) in [5.41, 5.74) is 2.23. The molecule has 1 aliphatic rings. The Morgan fingerprint density at radius 3 is 2.65 bits per heavy atom. The molecule has 1 aromatic rings. The third kappa shape index (κ3) is 3.70. The van der Waals surface area contributed by atoms with Crippen LogP contribution in [0.3, 0.4) is 0 Å². The summed E-state index contributed by atoms with van der Waals surface area (Å²) in [7, 11) is 0. The zero-order valence-electron chi connectivity index (χ0n) is 11.6. The minimum absolute atomic E-state index is 0.0695. The second-order valence-corrected chi connectivity index (χ2v) is 5.20. The molecule has 2 rings (SSSR count). The van der Waals surface area contributed by atoms with Crippen molar-refractivity contribution in [1.82, 2.24) is 5.32 Å². The summed E-state index contributed by atoms with van der Waals surface area (Å²) < 4.78 is 0. The van der Waals surface area contributed by atoms with Crippen molar-refractivity contribution in [1.29, 1.82) is 0 Å². The Balaban J connectivity index is 2.14. The van der Waals surface area contributed by atoms with Crippen molar-refractivity contribution in [2.24, 2.45) is 0 Å². The van der Waals surface area contributed by atoms with E-state index in [-0.39, 0.29) is 11.9 Å². The van der Waals surface area contributed by atoms with Crippen molar-refractivity contribution >= 4 is 18.0 Å². The Kier molecular flexibility index (Phi) is 4.56. The highest BCUT2D eigenvalue weighted by atomic mass is 16.4. The molecule has 0 bridgehead atoms. The Bertz CT molecular complexity index is 543. The first kappa shape index (κ1) is 14.3. The number of aryl methyl sites for hydroxylation is 1. The number of aliphatic carboxylic acids is 1. The summed E-state index contributed by atoms with van der Waals surface area (Å²) in [4.78, 5) is 22.8. The predicted molar refractivity (Wildman–Crippen MR) is 77.6 cm³/mol. The lowest BCUT2D eigenvalue weighted by atomic mass is 10.0. The number of carbonyl (C=O) groups is 2. The molecule has 20 heavy (non-hydrogen) atoms. The number of carboxylic acids is 1. The Morgan fingerprint density at radius 1 is 1.30 bits per heavy atom. The van der Waals surface area contributed by atoms with E-state index in [1.807, 2.05) is 13.0 Å². The molecule has 1 aliphatic carbocycles. The van der Waals surface area contributed by atoms with E-state index in [4.69, 9.17) is 5.11 Å². The molecular formula is C16H19NO3. The molecule has 0 heterocycles. The van der Waals surface area contributed by atoms with Gasteiger partial charge in [0.15, 0.2) is 0 Å². The lowest BCUT2D eigenvalue weighted by Gasteiger charge is -2.13. The van der Waals surface area contributed by atoms with Crippen LogP contribution in [0, 0.1) is 6.92 Å². The van der Waals surface area contributed by atoms with Crippen LogP contribution in [0.25, 0.3) is 6.08 Å². The van der Waals surface area contributed by atoms with Gasteiger partial charge >= 0.3 is 5.97 Å². The van der Waals surface area contributed by atoms with E-state index in [0.717, 1.165) is 30.0 Å². The van der Waals surface area contributed by atoms with Crippen LogP contribution in [0.15, 0.2) is 24.3 Å². The number of hydrogen-bond donors (Lipinski definition) is 2. The molecule has 1 aromatic carbocycles. The standard InChI is InChI=1S/C16H19NO3/c1-11-6-7-12(8-9-15(18)19)10-14(11)16(20)17-13-4-2-3-5-13/h6-10,13H,2-5H2,1H3,(H,17,20)(H,18,19). The van der Waals surface area contributed by atoms with Crippen molar-refractivity contribution in [3.8, 4) is 0 Å². The number of hydrogen-bond acceptors (Lipinski definition) is 2. The number of benzene rings is 1. The average Bonchev–Trinajstić information content (AvgIpc) is 2.90. The smallest absolute Gasteiger partial charge is 0.328 e. The molecule has 106 valence electrons. The number of nitrogens with one attached hydrogen (secondary N) is 1. The maximum Gasteiger partial charge on any atom is 0.328 e. The van der Waals surface area contributed by atoms with E-state index in [2.05, 4.69) is 5.32 Å². The fraction of sp³-hybridized carbons (Fsp3) is 0.375. The molecule has 1 amide bonds. The third-order valence-electron chi connectivity index (χ3n) is 3.62. The zero-order chi connectivity index (χ0) is 14.5. The van der Waals surface area contributed by atoms with Gasteiger partial charge in [-0.25, -0.2) is 4.79 Å². The molecule has 1 fully saturated rings. The highest BCUT2D eigenvalue weighted by Gasteiger charge is 2.18. The van der Waals surface area contributed by atoms with Crippen molar-refractivity contribution in [2.75, 3.05) is 0 Å². The van der Waals surface area contributed by atoms with E-state index < -0.39 is 5.97 Å². The summed E-state index contributed by atoms with van der Waals surface area (Å²) in [6.07, 6.45) is 7.00. The minimum atomic E-state index is -0.998. The third-order valence-corrected chi connectivity index (χ3v) is 3.62. The lowest BCUT2D eigenvalue weighted by Crippen LogP contribution is -2.33. The molecular weight excluding hydrogens is 254 g/mol. The van der Waals surface area contributed by atoms with Gasteiger partial charge in [0.05, 0.1) is 0 Å². The summed E-state index contributed by atoms with van der Waals surface area (Å²) in [6, 6.07) is 5.66.